The van der Waals surface area contributed by atoms with Crippen LogP contribution in [0.15, 0.2) is 35.7 Å². The first-order valence-electron chi connectivity index (χ1n) is 6.37. The lowest BCUT2D eigenvalue weighted by Crippen LogP contribution is -3.00. The van der Waals surface area contributed by atoms with Gasteiger partial charge in [-0.1, -0.05) is 18.2 Å². The van der Waals surface area contributed by atoms with Crippen LogP contribution in [0.1, 0.15) is 17.4 Å². The predicted molar refractivity (Wildman–Crippen MR) is 79.0 cm³/mol. The molecular formula is C15H19ClNO2S-. The third-order valence-electron chi connectivity index (χ3n) is 2.76. The second kappa shape index (κ2) is 8.84. The van der Waals surface area contributed by atoms with Crippen LogP contribution < -0.4 is 27.2 Å². The van der Waals surface area contributed by atoms with E-state index < -0.39 is 0 Å². The summed E-state index contributed by atoms with van der Waals surface area (Å²) in [5, 5.41) is 5.52. The number of rotatable bonds is 7. The number of hydrogen-bond donors (Lipinski definition) is 1. The molecule has 0 saturated carbocycles. The number of halogens is 1. The predicted octanol–water partition coefficient (Wildman–Crippen LogP) is 0.449. The topological polar surface area (TPSA) is 30.5 Å². The van der Waals surface area contributed by atoms with Crippen LogP contribution in [0.2, 0.25) is 0 Å². The van der Waals surface area contributed by atoms with Crippen LogP contribution in [0.3, 0.4) is 0 Å². The van der Waals surface area contributed by atoms with Crippen LogP contribution >= 0.6 is 11.3 Å². The van der Waals surface area contributed by atoms with Crippen molar-refractivity contribution in [3.8, 4) is 11.5 Å². The molecule has 2 aromatic rings. The first-order chi connectivity index (χ1) is 9.35. The third-order valence-corrected chi connectivity index (χ3v) is 3.64. The molecule has 0 bridgehead atoms. The Labute approximate surface area is 130 Å². The van der Waals surface area contributed by atoms with Crippen LogP contribution in [0.4, 0.5) is 0 Å². The SMILES string of the molecule is CCOc1c(CNCc2cccs2)cccc1OC.[Cl-]. The number of nitrogens with one attached hydrogen (secondary N) is 1. The summed E-state index contributed by atoms with van der Waals surface area (Å²) >= 11 is 1.76. The Morgan fingerprint density at radius 2 is 2.00 bits per heavy atom. The largest absolute Gasteiger partial charge is 1.00 e. The van der Waals surface area contributed by atoms with E-state index in [2.05, 4.69) is 28.9 Å². The number of methoxy groups -OCH3 is 1. The molecule has 0 aliphatic carbocycles. The Morgan fingerprint density at radius 3 is 2.65 bits per heavy atom. The first kappa shape index (κ1) is 16.8. The van der Waals surface area contributed by atoms with Crippen molar-refractivity contribution in [2.24, 2.45) is 0 Å². The second-order valence-electron chi connectivity index (χ2n) is 4.06. The van der Waals surface area contributed by atoms with Crippen molar-refractivity contribution in [1.29, 1.82) is 0 Å². The average Bonchev–Trinajstić information content (AvgIpc) is 2.94. The lowest BCUT2D eigenvalue weighted by atomic mass is 10.2. The summed E-state index contributed by atoms with van der Waals surface area (Å²) in [6.07, 6.45) is 0. The maximum atomic E-state index is 5.68. The molecule has 0 amide bonds. The van der Waals surface area contributed by atoms with Gasteiger partial charge in [0.25, 0.3) is 0 Å². The summed E-state index contributed by atoms with van der Waals surface area (Å²) in [4.78, 5) is 1.33. The van der Waals surface area contributed by atoms with Gasteiger partial charge in [-0.3, -0.25) is 0 Å². The number of ether oxygens (including phenoxy) is 2. The van der Waals surface area contributed by atoms with Gasteiger partial charge in [0.2, 0.25) is 0 Å². The monoisotopic (exact) mass is 312 g/mol. The lowest BCUT2D eigenvalue weighted by Gasteiger charge is -2.14. The van der Waals surface area contributed by atoms with Crippen LogP contribution in [0.5, 0.6) is 11.5 Å². The molecule has 1 N–H and O–H groups in total. The minimum absolute atomic E-state index is 0. The molecule has 1 aromatic heterocycles. The van der Waals surface area contributed by atoms with Crippen molar-refractivity contribution in [2.75, 3.05) is 13.7 Å². The second-order valence-corrected chi connectivity index (χ2v) is 5.10. The average molecular weight is 313 g/mol. The van der Waals surface area contributed by atoms with E-state index in [0.29, 0.717) is 6.61 Å². The van der Waals surface area contributed by atoms with E-state index in [1.165, 1.54) is 4.88 Å². The molecular weight excluding hydrogens is 294 g/mol. The molecule has 0 spiro atoms. The Balaban J connectivity index is 0.00000200. The zero-order valence-corrected chi connectivity index (χ0v) is 13.3. The van der Waals surface area contributed by atoms with Gasteiger partial charge >= 0.3 is 0 Å². The minimum Gasteiger partial charge on any atom is -1.00 e. The van der Waals surface area contributed by atoms with Crippen molar-refractivity contribution in [1.82, 2.24) is 5.32 Å². The molecule has 0 atom stereocenters. The molecule has 20 heavy (non-hydrogen) atoms. The molecule has 0 unspecified atom stereocenters. The van der Waals surface area contributed by atoms with Crippen LogP contribution in [-0.2, 0) is 13.1 Å². The fourth-order valence-corrected chi connectivity index (χ4v) is 2.58. The number of para-hydroxylation sites is 1. The maximum absolute atomic E-state index is 5.68. The lowest BCUT2D eigenvalue weighted by molar-refractivity contribution is -0.00000456. The van der Waals surface area contributed by atoms with Gasteiger partial charge in [0, 0.05) is 23.5 Å². The maximum Gasteiger partial charge on any atom is 0.165 e. The van der Waals surface area contributed by atoms with E-state index in [1.54, 1.807) is 18.4 Å². The zero-order valence-electron chi connectivity index (χ0n) is 11.7. The van der Waals surface area contributed by atoms with E-state index >= 15 is 0 Å². The smallest absolute Gasteiger partial charge is 0.165 e. The van der Waals surface area contributed by atoms with Crippen molar-refractivity contribution in [3.05, 3.63) is 46.2 Å². The Hall–Kier alpha value is -1.23. The van der Waals surface area contributed by atoms with Gasteiger partial charge in [-0.25, -0.2) is 0 Å². The third kappa shape index (κ3) is 4.40. The van der Waals surface area contributed by atoms with E-state index in [9.17, 15) is 0 Å². The van der Waals surface area contributed by atoms with Gasteiger partial charge in [-0.2, -0.15) is 0 Å². The Bertz CT molecular complexity index is 503. The summed E-state index contributed by atoms with van der Waals surface area (Å²) in [7, 11) is 1.67. The number of benzene rings is 1. The molecule has 0 fully saturated rings. The molecule has 110 valence electrons. The van der Waals surface area contributed by atoms with Gasteiger partial charge in [0.15, 0.2) is 11.5 Å². The Kier molecular flexibility index (Phi) is 7.44. The molecule has 1 heterocycles. The molecule has 2 rings (SSSR count). The highest BCUT2D eigenvalue weighted by atomic mass is 35.5. The molecule has 0 radical (unpaired) electrons. The normalized spacial score (nSPS) is 9.90. The van der Waals surface area contributed by atoms with E-state index in [0.717, 1.165) is 30.2 Å². The van der Waals surface area contributed by atoms with Gasteiger partial charge in [0.05, 0.1) is 13.7 Å². The van der Waals surface area contributed by atoms with Gasteiger partial charge < -0.3 is 27.2 Å². The zero-order chi connectivity index (χ0) is 13.5. The standard InChI is InChI=1S/C15H19NO2S.ClH/c1-3-18-15-12(6-4-8-14(15)17-2)10-16-11-13-7-5-9-19-13;/h4-9,16H,3,10-11H2,1-2H3;1H/p-1. The van der Waals surface area contributed by atoms with Crippen molar-refractivity contribution < 1.29 is 21.9 Å². The number of hydrogen-bond acceptors (Lipinski definition) is 4. The fraction of sp³-hybridized carbons (Fsp3) is 0.333. The van der Waals surface area contributed by atoms with Crippen LogP contribution in [0.25, 0.3) is 0 Å². The van der Waals surface area contributed by atoms with Crippen molar-refractivity contribution in [3.63, 3.8) is 0 Å². The Morgan fingerprint density at radius 1 is 1.15 bits per heavy atom. The fourth-order valence-electron chi connectivity index (χ4n) is 1.90. The summed E-state index contributed by atoms with van der Waals surface area (Å²) in [6, 6.07) is 10.2. The highest BCUT2D eigenvalue weighted by Gasteiger charge is 2.09. The van der Waals surface area contributed by atoms with Gasteiger partial charge in [0.1, 0.15) is 0 Å². The molecule has 5 heteroatoms. The van der Waals surface area contributed by atoms with Crippen LogP contribution in [-0.4, -0.2) is 13.7 Å². The highest BCUT2D eigenvalue weighted by molar-refractivity contribution is 7.09. The van der Waals surface area contributed by atoms with E-state index in [-0.39, 0.29) is 12.4 Å². The van der Waals surface area contributed by atoms with Crippen LogP contribution in [0, 0.1) is 0 Å². The molecule has 3 nitrogen and oxygen atoms in total. The quantitative estimate of drug-likeness (QED) is 0.805. The van der Waals surface area contributed by atoms with Gasteiger partial charge in [-0.15, -0.1) is 11.3 Å². The molecule has 0 saturated heterocycles. The first-order valence-corrected chi connectivity index (χ1v) is 7.25. The van der Waals surface area contributed by atoms with E-state index in [4.69, 9.17) is 9.47 Å². The molecule has 0 aliphatic rings. The van der Waals surface area contributed by atoms with Crippen molar-refractivity contribution in [2.45, 2.75) is 20.0 Å². The summed E-state index contributed by atoms with van der Waals surface area (Å²) < 4.78 is 11.0. The summed E-state index contributed by atoms with van der Waals surface area (Å²) in [5.41, 5.74) is 1.12. The molecule has 0 aliphatic heterocycles. The highest BCUT2D eigenvalue weighted by Crippen LogP contribution is 2.31. The van der Waals surface area contributed by atoms with E-state index in [1.807, 2.05) is 19.1 Å². The number of thiophene rings is 1. The van der Waals surface area contributed by atoms with Crippen molar-refractivity contribution >= 4 is 11.3 Å². The summed E-state index contributed by atoms with van der Waals surface area (Å²) in [5.74, 6) is 1.63. The minimum atomic E-state index is 0. The molecule has 1 aromatic carbocycles. The van der Waals surface area contributed by atoms with Gasteiger partial charge in [-0.05, 0) is 24.4 Å². The summed E-state index contributed by atoms with van der Waals surface area (Å²) in [6.45, 7) is 4.26.